The first kappa shape index (κ1) is 9.17. The number of hydrogen-bond donors (Lipinski definition) is 1. The van der Waals surface area contributed by atoms with E-state index in [0.29, 0.717) is 12.0 Å². The summed E-state index contributed by atoms with van der Waals surface area (Å²) in [6.45, 7) is 2.39. The molecule has 2 atom stereocenters. The summed E-state index contributed by atoms with van der Waals surface area (Å²) in [5, 5.41) is 10.8. The monoisotopic (exact) mass is 195 g/mol. The van der Waals surface area contributed by atoms with Gasteiger partial charge in [-0.25, -0.2) is 0 Å². The number of aliphatic hydroxyl groups is 1. The summed E-state index contributed by atoms with van der Waals surface area (Å²) < 4.78 is 0. The van der Waals surface area contributed by atoms with E-state index in [1.54, 1.807) is 0 Å². The highest BCUT2D eigenvalue weighted by atomic mass is 16.3. The molecule has 0 spiro atoms. The summed E-state index contributed by atoms with van der Waals surface area (Å²) >= 11 is 0. The van der Waals surface area contributed by atoms with E-state index in [0.717, 1.165) is 13.0 Å². The van der Waals surface area contributed by atoms with E-state index in [1.165, 1.54) is 45.1 Å². The molecule has 0 radical (unpaired) electrons. The predicted molar refractivity (Wildman–Crippen MR) is 56.1 cm³/mol. The van der Waals surface area contributed by atoms with Gasteiger partial charge in [-0.3, -0.25) is 4.90 Å². The fourth-order valence-electron chi connectivity index (χ4n) is 4.05. The lowest BCUT2D eigenvalue weighted by molar-refractivity contribution is -0.0377. The summed E-state index contributed by atoms with van der Waals surface area (Å²) in [5.74, 6) is 0.621. The number of rotatable bonds is 1. The molecule has 2 saturated heterocycles. The largest absolute Gasteiger partial charge is 0.388 e. The van der Waals surface area contributed by atoms with Gasteiger partial charge in [0.15, 0.2) is 0 Å². The molecule has 1 N–H and O–H groups in total. The van der Waals surface area contributed by atoms with Crippen molar-refractivity contribution in [3.05, 3.63) is 0 Å². The summed E-state index contributed by atoms with van der Waals surface area (Å²) in [6.07, 6.45) is 8.84. The Balaban J connectivity index is 1.81. The molecular formula is C12H21NO. The first-order valence-corrected chi connectivity index (χ1v) is 6.27. The van der Waals surface area contributed by atoms with Crippen molar-refractivity contribution in [1.82, 2.24) is 4.90 Å². The lowest BCUT2D eigenvalue weighted by atomic mass is 9.79. The topological polar surface area (TPSA) is 23.5 Å². The molecule has 2 heterocycles. The molecule has 1 saturated carbocycles. The number of fused-ring (bicyclic) bond motifs is 1. The second-order valence-electron chi connectivity index (χ2n) is 5.42. The van der Waals surface area contributed by atoms with E-state index in [4.69, 9.17) is 0 Å². The van der Waals surface area contributed by atoms with E-state index in [2.05, 4.69) is 4.90 Å². The van der Waals surface area contributed by atoms with Crippen molar-refractivity contribution in [2.24, 2.45) is 5.92 Å². The van der Waals surface area contributed by atoms with Gasteiger partial charge in [0, 0.05) is 12.6 Å². The Morgan fingerprint density at radius 2 is 1.79 bits per heavy atom. The lowest BCUT2D eigenvalue weighted by Gasteiger charge is -2.35. The zero-order valence-electron chi connectivity index (χ0n) is 8.91. The highest BCUT2D eigenvalue weighted by Crippen LogP contribution is 2.46. The average molecular weight is 195 g/mol. The van der Waals surface area contributed by atoms with Crippen LogP contribution in [0.5, 0.6) is 0 Å². The van der Waals surface area contributed by atoms with Crippen LogP contribution in [0.1, 0.15) is 44.9 Å². The van der Waals surface area contributed by atoms with Crippen molar-refractivity contribution in [3.8, 4) is 0 Å². The minimum Gasteiger partial charge on any atom is -0.388 e. The molecule has 0 amide bonds. The van der Waals surface area contributed by atoms with Gasteiger partial charge >= 0.3 is 0 Å². The maximum absolute atomic E-state index is 10.8. The van der Waals surface area contributed by atoms with E-state index in [1.807, 2.05) is 0 Å². The van der Waals surface area contributed by atoms with Crippen molar-refractivity contribution < 1.29 is 5.11 Å². The van der Waals surface area contributed by atoms with Crippen molar-refractivity contribution in [3.63, 3.8) is 0 Å². The SMILES string of the molecule is OC1(C2CCCC2)CCN2CCCC21. The van der Waals surface area contributed by atoms with Crippen LogP contribution in [0, 0.1) is 5.92 Å². The molecule has 2 unspecified atom stereocenters. The summed E-state index contributed by atoms with van der Waals surface area (Å²) in [4.78, 5) is 2.53. The smallest absolute Gasteiger partial charge is 0.0842 e. The average Bonchev–Trinajstić information content (AvgIpc) is 2.84. The molecule has 14 heavy (non-hydrogen) atoms. The highest BCUT2D eigenvalue weighted by Gasteiger charge is 2.52. The maximum atomic E-state index is 10.8. The van der Waals surface area contributed by atoms with Gasteiger partial charge in [0.25, 0.3) is 0 Å². The van der Waals surface area contributed by atoms with Gasteiger partial charge in [-0.2, -0.15) is 0 Å². The zero-order valence-corrected chi connectivity index (χ0v) is 8.91. The Kier molecular flexibility index (Phi) is 2.10. The number of hydrogen-bond acceptors (Lipinski definition) is 2. The van der Waals surface area contributed by atoms with Crippen LogP contribution in [0.15, 0.2) is 0 Å². The van der Waals surface area contributed by atoms with Crippen LogP contribution in [-0.4, -0.2) is 34.7 Å². The highest BCUT2D eigenvalue weighted by molar-refractivity contribution is 5.06. The van der Waals surface area contributed by atoms with Crippen molar-refractivity contribution >= 4 is 0 Å². The van der Waals surface area contributed by atoms with Gasteiger partial charge < -0.3 is 5.11 Å². The first-order valence-electron chi connectivity index (χ1n) is 6.27. The third-order valence-electron chi connectivity index (χ3n) is 4.80. The molecule has 0 aromatic heterocycles. The second-order valence-corrected chi connectivity index (χ2v) is 5.42. The Morgan fingerprint density at radius 1 is 1.00 bits per heavy atom. The van der Waals surface area contributed by atoms with Gasteiger partial charge in [0.2, 0.25) is 0 Å². The van der Waals surface area contributed by atoms with Crippen LogP contribution in [0.25, 0.3) is 0 Å². The third-order valence-corrected chi connectivity index (χ3v) is 4.80. The normalized spacial score (nSPS) is 44.8. The van der Waals surface area contributed by atoms with Gasteiger partial charge in [-0.1, -0.05) is 12.8 Å². The molecule has 2 heteroatoms. The van der Waals surface area contributed by atoms with Crippen LogP contribution in [-0.2, 0) is 0 Å². The molecule has 3 fully saturated rings. The Bertz CT molecular complexity index is 224. The maximum Gasteiger partial charge on any atom is 0.0842 e. The lowest BCUT2D eigenvalue weighted by Crippen LogP contribution is -2.46. The fraction of sp³-hybridized carbons (Fsp3) is 1.00. The van der Waals surface area contributed by atoms with Gasteiger partial charge in [0.05, 0.1) is 5.60 Å². The van der Waals surface area contributed by atoms with Crippen LogP contribution in [0.3, 0.4) is 0 Å². The summed E-state index contributed by atoms with van der Waals surface area (Å²) in [5.41, 5.74) is -0.299. The molecule has 80 valence electrons. The second kappa shape index (κ2) is 3.21. The number of nitrogens with zero attached hydrogens (tertiary/aromatic N) is 1. The molecular weight excluding hydrogens is 174 g/mol. The van der Waals surface area contributed by atoms with Crippen molar-refractivity contribution in [1.29, 1.82) is 0 Å². The minimum atomic E-state index is -0.299. The molecule has 1 aliphatic carbocycles. The van der Waals surface area contributed by atoms with E-state index in [9.17, 15) is 5.11 Å². The van der Waals surface area contributed by atoms with E-state index >= 15 is 0 Å². The van der Waals surface area contributed by atoms with Gasteiger partial charge in [-0.15, -0.1) is 0 Å². The quantitative estimate of drug-likeness (QED) is 0.689. The Hall–Kier alpha value is -0.0800. The Morgan fingerprint density at radius 3 is 2.57 bits per heavy atom. The molecule has 2 nitrogen and oxygen atoms in total. The molecule has 0 bridgehead atoms. The zero-order chi connectivity index (χ0) is 9.60. The minimum absolute atomic E-state index is 0.299. The van der Waals surface area contributed by atoms with E-state index < -0.39 is 0 Å². The first-order chi connectivity index (χ1) is 6.81. The predicted octanol–water partition coefficient (Wildman–Crippen LogP) is 1.78. The van der Waals surface area contributed by atoms with Gasteiger partial charge in [-0.05, 0) is 44.6 Å². The van der Waals surface area contributed by atoms with Crippen LogP contribution in [0.2, 0.25) is 0 Å². The van der Waals surface area contributed by atoms with Crippen LogP contribution in [0.4, 0.5) is 0 Å². The molecule has 3 aliphatic rings. The van der Waals surface area contributed by atoms with E-state index in [-0.39, 0.29) is 5.60 Å². The van der Waals surface area contributed by atoms with Gasteiger partial charge in [0.1, 0.15) is 0 Å². The van der Waals surface area contributed by atoms with Crippen molar-refractivity contribution in [2.45, 2.75) is 56.6 Å². The Labute approximate surface area is 86.3 Å². The molecule has 3 rings (SSSR count). The van der Waals surface area contributed by atoms with Crippen molar-refractivity contribution in [2.75, 3.05) is 13.1 Å². The van der Waals surface area contributed by atoms with Crippen LogP contribution >= 0.6 is 0 Å². The third kappa shape index (κ3) is 1.17. The fourth-order valence-corrected chi connectivity index (χ4v) is 4.05. The standard InChI is InChI=1S/C12H21NO/c14-12(10-4-1-2-5-10)7-9-13-8-3-6-11(12)13/h10-11,14H,1-9H2. The summed E-state index contributed by atoms with van der Waals surface area (Å²) in [7, 11) is 0. The molecule has 0 aromatic carbocycles. The van der Waals surface area contributed by atoms with Crippen LogP contribution < -0.4 is 0 Å². The summed E-state index contributed by atoms with van der Waals surface area (Å²) in [6, 6.07) is 0.519. The molecule has 2 aliphatic heterocycles. The molecule has 0 aromatic rings.